The van der Waals surface area contributed by atoms with Crippen molar-refractivity contribution >= 4 is 29.0 Å². The van der Waals surface area contributed by atoms with Crippen LogP contribution >= 0.6 is 23.2 Å². The van der Waals surface area contributed by atoms with E-state index in [-0.39, 0.29) is 45.6 Å². The summed E-state index contributed by atoms with van der Waals surface area (Å²) in [5.41, 5.74) is 5.89. The molecule has 0 aliphatic heterocycles. The van der Waals surface area contributed by atoms with Crippen molar-refractivity contribution in [2.75, 3.05) is 12.8 Å². The fourth-order valence-electron chi connectivity index (χ4n) is 2.90. The molecule has 0 aliphatic carbocycles. The van der Waals surface area contributed by atoms with Crippen molar-refractivity contribution in [1.29, 1.82) is 10.5 Å². The van der Waals surface area contributed by atoms with Gasteiger partial charge in [0.1, 0.15) is 35.7 Å². The average molecular weight is 441 g/mol. The maximum Gasteiger partial charge on any atom is 0.268 e. The molecule has 150 valence electrons. The number of aromatic nitrogens is 1. The van der Waals surface area contributed by atoms with Crippen LogP contribution in [0.2, 0.25) is 10.0 Å². The Morgan fingerprint density at radius 1 is 1.10 bits per heavy atom. The quantitative estimate of drug-likeness (QED) is 0.610. The molecule has 3 N–H and O–H groups in total. The number of benzene rings is 2. The Labute approximate surface area is 181 Å². The van der Waals surface area contributed by atoms with Gasteiger partial charge in [-0.1, -0.05) is 41.4 Å². The molecule has 1 aromatic heterocycles. The monoisotopic (exact) mass is 440 g/mol. The van der Waals surface area contributed by atoms with E-state index in [1.54, 1.807) is 12.1 Å². The number of hydrogen-bond acceptors (Lipinski definition) is 6. The summed E-state index contributed by atoms with van der Waals surface area (Å²) in [5.74, 6) is 0.347. The lowest BCUT2D eigenvalue weighted by Gasteiger charge is -2.16. The van der Waals surface area contributed by atoms with Gasteiger partial charge >= 0.3 is 0 Å². The normalized spacial score (nSPS) is 10.2. The van der Waals surface area contributed by atoms with Crippen molar-refractivity contribution in [3.63, 3.8) is 0 Å². The first-order chi connectivity index (χ1) is 14.4. The summed E-state index contributed by atoms with van der Waals surface area (Å²) in [5, 5.41) is 19.6. The highest BCUT2D eigenvalue weighted by atomic mass is 35.5. The van der Waals surface area contributed by atoms with E-state index in [9.17, 15) is 15.3 Å². The SMILES string of the molecule is COc1cc(-c2c(C#N)c(N)[nH]c(=O)c2C#N)cc(Cl)c1OCc1ccccc1Cl. The smallest absolute Gasteiger partial charge is 0.268 e. The molecule has 9 heteroatoms. The molecule has 0 amide bonds. The molecule has 0 bridgehead atoms. The van der Waals surface area contributed by atoms with Crippen LogP contribution in [0.1, 0.15) is 16.7 Å². The number of methoxy groups -OCH3 is 1. The minimum absolute atomic E-state index is 0.0472. The van der Waals surface area contributed by atoms with Gasteiger partial charge in [0.15, 0.2) is 11.5 Å². The van der Waals surface area contributed by atoms with Gasteiger partial charge in [-0.25, -0.2) is 0 Å². The van der Waals surface area contributed by atoms with Gasteiger partial charge in [-0.3, -0.25) is 4.79 Å². The van der Waals surface area contributed by atoms with Crippen molar-refractivity contribution in [3.05, 3.63) is 73.5 Å². The molecule has 3 rings (SSSR count). The molecular weight excluding hydrogens is 427 g/mol. The largest absolute Gasteiger partial charge is 0.493 e. The Bertz CT molecular complexity index is 1270. The molecule has 0 unspecified atom stereocenters. The molecule has 2 aromatic carbocycles. The number of ether oxygens (including phenoxy) is 2. The molecule has 1 heterocycles. The van der Waals surface area contributed by atoms with Crippen LogP contribution in [0, 0.1) is 22.7 Å². The Balaban J connectivity index is 2.12. The lowest BCUT2D eigenvalue weighted by atomic mass is 9.96. The molecule has 0 spiro atoms. The van der Waals surface area contributed by atoms with E-state index >= 15 is 0 Å². The van der Waals surface area contributed by atoms with Crippen molar-refractivity contribution in [1.82, 2.24) is 4.98 Å². The number of nitrogens with zero attached hydrogens (tertiary/aromatic N) is 2. The highest BCUT2D eigenvalue weighted by Crippen LogP contribution is 2.41. The predicted octanol–water partition coefficient (Wildman–Crippen LogP) is 4.26. The maximum absolute atomic E-state index is 12.2. The van der Waals surface area contributed by atoms with E-state index in [0.717, 1.165) is 5.56 Å². The number of rotatable bonds is 5. The summed E-state index contributed by atoms with van der Waals surface area (Å²) in [4.78, 5) is 14.5. The number of nitrogens with one attached hydrogen (secondary N) is 1. The summed E-state index contributed by atoms with van der Waals surface area (Å²) in [6.07, 6.45) is 0. The zero-order valence-electron chi connectivity index (χ0n) is 15.6. The number of nitrogen functional groups attached to an aromatic ring is 1. The van der Waals surface area contributed by atoms with Crippen LogP contribution in [0.25, 0.3) is 11.1 Å². The Morgan fingerprint density at radius 3 is 2.43 bits per heavy atom. The third-order valence-corrected chi connectivity index (χ3v) is 4.97. The lowest BCUT2D eigenvalue weighted by molar-refractivity contribution is 0.285. The number of pyridine rings is 1. The lowest BCUT2D eigenvalue weighted by Crippen LogP contribution is -2.16. The molecule has 0 atom stereocenters. The zero-order valence-corrected chi connectivity index (χ0v) is 17.1. The first kappa shape index (κ1) is 21.1. The van der Waals surface area contributed by atoms with Gasteiger partial charge in [0.2, 0.25) is 0 Å². The molecular formula is C21H14Cl2N4O3. The highest BCUT2D eigenvalue weighted by molar-refractivity contribution is 6.32. The summed E-state index contributed by atoms with van der Waals surface area (Å²) < 4.78 is 11.2. The van der Waals surface area contributed by atoms with E-state index < -0.39 is 5.56 Å². The van der Waals surface area contributed by atoms with E-state index in [1.165, 1.54) is 19.2 Å². The van der Waals surface area contributed by atoms with Crippen molar-refractivity contribution in [2.45, 2.75) is 6.61 Å². The predicted molar refractivity (Wildman–Crippen MR) is 114 cm³/mol. The highest BCUT2D eigenvalue weighted by Gasteiger charge is 2.21. The standard InChI is InChI=1S/C21H14Cl2N4O3/c1-29-17-7-12(18-13(8-24)20(26)27-21(28)14(18)9-25)6-16(23)19(17)30-10-11-4-2-3-5-15(11)22/h2-7H,10H2,1H3,(H3,26,27,28). The molecule has 0 radical (unpaired) electrons. The topological polar surface area (TPSA) is 125 Å². The number of aromatic amines is 1. The summed E-state index contributed by atoms with van der Waals surface area (Å²) in [6, 6.07) is 13.9. The fourth-order valence-corrected chi connectivity index (χ4v) is 3.36. The number of nitriles is 2. The van der Waals surface area contributed by atoms with Gasteiger partial charge in [-0.05, 0) is 23.8 Å². The summed E-state index contributed by atoms with van der Waals surface area (Å²) in [7, 11) is 1.42. The first-order valence-corrected chi connectivity index (χ1v) is 9.26. The third kappa shape index (κ3) is 3.90. The molecule has 0 aliphatic rings. The van der Waals surface area contributed by atoms with Crippen LogP contribution in [0.3, 0.4) is 0 Å². The van der Waals surface area contributed by atoms with Crippen molar-refractivity contribution in [2.24, 2.45) is 0 Å². The Morgan fingerprint density at radius 2 is 1.80 bits per heavy atom. The van der Waals surface area contributed by atoms with Gasteiger partial charge in [0.05, 0.1) is 12.1 Å². The van der Waals surface area contributed by atoms with E-state index in [4.69, 9.17) is 38.4 Å². The van der Waals surface area contributed by atoms with Crippen LogP contribution < -0.4 is 20.8 Å². The fraction of sp³-hybridized carbons (Fsp3) is 0.0952. The molecule has 3 aromatic rings. The van der Waals surface area contributed by atoms with Crippen LogP contribution in [-0.2, 0) is 6.61 Å². The van der Waals surface area contributed by atoms with Crippen LogP contribution in [0.5, 0.6) is 11.5 Å². The van der Waals surface area contributed by atoms with Crippen molar-refractivity contribution < 1.29 is 9.47 Å². The van der Waals surface area contributed by atoms with Gasteiger partial charge in [-0.2, -0.15) is 10.5 Å². The summed E-state index contributed by atoms with van der Waals surface area (Å²) >= 11 is 12.6. The van der Waals surface area contributed by atoms with Gasteiger partial charge in [0, 0.05) is 16.1 Å². The van der Waals surface area contributed by atoms with Crippen LogP contribution in [0.4, 0.5) is 5.82 Å². The van der Waals surface area contributed by atoms with Gasteiger partial charge in [0.25, 0.3) is 5.56 Å². The Kier molecular flexibility index (Phi) is 6.17. The second-order valence-electron chi connectivity index (χ2n) is 6.09. The second-order valence-corrected chi connectivity index (χ2v) is 6.90. The van der Waals surface area contributed by atoms with E-state index in [1.807, 2.05) is 24.3 Å². The van der Waals surface area contributed by atoms with Crippen molar-refractivity contribution in [3.8, 4) is 34.8 Å². The molecule has 0 fully saturated rings. The maximum atomic E-state index is 12.2. The minimum atomic E-state index is -0.710. The zero-order chi connectivity index (χ0) is 21.8. The second kappa shape index (κ2) is 8.79. The van der Waals surface area contributed by atoms with E-state index in [0.29, 0.717) is 10.6 Å². The first-order valence-electron chi connectivity index (χ1n) is 8.51. The number of nitrogens with two attached hydrogens (primary N) is 1. The molecule has 0 saturated heterocycles. The molecule has 30 heavy (non-hydrogen) atoms. The minimum Gasteiger partial charge on any atom is -0.493 e. The van der Waals surface area contributed by atoms with E-state index in [2.05, 4.69) is 4.98 Å². The number of hydrogen-bond donors (Lipinski definition) is 2. The molecule has 7 nitrogen and oxygen atoms in total. The number of H-pyrrole nitrogens is 1. The Hall–Kier alpha value is -3.65. The van der Waals surface area contributed by atoms with Gasteiger partial charge in [-0.15, -0.1) is 0 Å². The van der Waals surface area contributed by atoms with Crippen LogP contribution in [-0.4, -0.2) is 12.1 Å². The van der Waals surface area contributed by atoms with Gasteiger partial charge < -0.3 is 20.2 Å². The average Bonchev–Trinajstić information content (AvgIpc) is 2.73. The molecule has 0 saturated carbocycles. The third-order valence-electron chi connectivity index (χ3n) is 4.32. The number of anilines is 1. The van der Waals surface area contributed by atoms with Crippen LogP contribution in [0.15, 0.2) is 41.2 Å². The number of halogens is 2. The summed E-state index contributed by atoms with van der Waals surface area (Å²) in [6.45, 7) is 0.139.